The van der Waals surface area contributed by atoms with Crippen molar-refractivity contribution >= 4 is 37.9 Å². The van der Waals surface area contributed by atoms with Gasteiger partial charge in [0.25, 0.3) is 0 Å². The zero-order chi connectivity index (χ0) is 38.9. The van der Waals surface area contributed by atoms with Crippen LogP contribution in [0.15, 0.2) is 162 Å². The van der Waals surface area contributed by atoms with Crippen molar-refractivity contribution in [3.05, 3.63) is 187 Å². The van der Waals surface area contributed by atoms with Crippen molar-refractivity contribution in [3.63, 3.8) is 0 Å². The lowest BCUT2D eigenvalue weighted by Gasteiger charge is -2.43. The first-order valence-electron chi connectivity index (χ1n) is 19.4. The highest BCUT2D eigenvalue weighted by Gasteiger charge is 2.44. The van der Waals surface area contributed by atoms with Crippen LogP contribution in [-0.4, -0.2) is 0 Å². The van der Waals surface area contributed by atoms with E-state index in [1.807, 2.05) is 115 Å². The van der Waals surface area contributed by atoms with Crippen molar-refractivity contribution in [2.45, 2.75) is 49.5 Å². The Morgan fingerprint density at radius 2 is 1.09 bits per heavy atom. The summed E-state index contributed by atoms with van der Waals surface area (Å²) in [5, 5.41) is 0.716. The van der Waals surface area contributed by atoms with Gasteiger partial charge in [0.05, 0.1) is 21.9 Å². The number of rotatable bonds is 7. The molecule has 2 fully saturated rings. The van der Waals surface area contributed by atoms with Crippen LogP contribution in [0.1, 0.15) is 55.2 Å². The van der Waals surface area contributed by atoms with Crippen LogP contribution in [0.25, 0.3) is 66.8 Å². The summed E-state index contributed by atoms with van der Waals surface area (Å²) in [6.45, 7) is 0. The Bertz CT molecular complexity index is 2970. The molecule has 0 unspecified atom stereocenters. The Hall–Kier alpha value is -5.89. The highest BCUT2D eigenvalue weighted by Crippen LogP contribution is 2.52. The molecular formula is C50H37BrFNO4. The van der Waals surface area contributed by atoms with Crippen molar-refractivity contribution in [1.29, 1.82) is 0 Å². The van der Waals surface area contributed by atoms with Crippen molar-refractivity contribution in [1.82, 2.24) is 0 Å². The van der Waals surface area contributed by atoms with Gasteiger partial charge in [-0.25, -0.2) is 4.39 Å². The van der Waals surface area contributed by atoms with E-state index in [9.17, 15) is 4.79 Å². The quantitative estimate of drug-likeness (QED) is 0.173. The second-order valence-electron chi connectivity index (χ2n) is 15.5. The summed E-state index contributed by atoms with van der Waals surface area (Å²) in [6.07, 6.45) is 5.09. The third-order valence-electron chi connectivity index (χ3n) is 12.3. The van der Waals surface area contributed by atoms with E-state index in [0.29, 0.717) is 68.7 Å². The van der Waals surface area contributed by atoms with Gasteiger partial charge in [-0.05, 0) is 84.7 Å². The van der Waals surface area contributed by atoms with Gasteiger partial charge in [-0.2, -0.15) is 0 Å². The van der Waals surface area contributed by atoms with Crippen molar-refractivity contribution in [2.24, 2.45) is 5.73 Å². The molecule has 0 radical (unpaired) electrons. The van der Waals surface area contributed by atoms with Crippen molar-refractivity contribution < 1.29 is 13.2 Å². The Kier molecular flexibility index (Phi) is 8.50. The Morgan fingerprint density at radius 1 is 0.561 bits per heavy atom. The maximum absolute atomic E-state index is 16.7. The lowest BCUT2D eigenvalue weighted by Crippen LogP contribution is -2.43. The van der Waals surface area contributed by atoms with E-state index in [1.54, 1.807) is 18.2 Å². The molecule has 8 aromatic rings. The van der Waals surface area contributed by atoms with E-state index in [-0.39, 0.29) is 21.8 Å². The first-order valence-corrected chi connectivity index (χ1v) is 20.2. The van der Waals surface area contributed by atoms with Crippen molar-refractivity contribution in [2.75, 3.05) is 0 Å². The maximum Gasteiger partial charge on any atom is 0.201 e. The standard InChI is InChI=1S/C50H37BrFNO4/c51-36-21-23-39-37(29-36)45(54)41(47(56-39)32-9-3-1-4-10-32)30-13-17-34(18-14-30)49(25-7-26-49)44-38(52)22-24-40-43(44)46(55)42(48(57-40)33-11-5-2-6-12-33)31-15-19-35(20-16-31)50(53)27-8-28-50/h1-6,9-24,29H,7-8,25-28,53H2. The van der Waals surface area contributed by atoms with Gasteiger partial charge in [-0.1, -0.05) is 132 Å². The van der Waals surface area contributed by atoms with Crippen LogP contribution in [0.4, 0.5) is 4.39 Å². The zero-order valence-corrected chi connectivity index (χ0v) is 32.6. The van der Waals surface area contributed by atoms with Crippen LogP contribution in [0.2, 0.25) is 0 Å². The van der Waals surface area contributed by atoms with Crippen LogP contribution in [0, 0.1) is 5.82 Å². The molecule has 0 aliphatic heterocycles. The third-order valence-corrected chi connectivity index (χ3v) is 12.8. The minimum Gasteiger partial charge on any atom is -0.455 e. The Labute approximate surface area is 336 Å². The van der Waals surface area contributed by atoms with E-state index >= 15 is 9.18 Å². The van der Waals surface area contributed by atoms with Crippen LogP contribution in [-0.2, 0) is 11.0 Å². The van der Waals surface area contributed by atoms with Gasteiger partial charge in [-0.15, -0.1) is 0 Å². The average molecular weight is 815 g/mol. The predicted octanol–water partition coefficient (Wildman–Crippen LogP) is 12.3. The van der Waals surface area contributed by atoms with Gasteiger partial charge in [0.2, 0.25) is 10.9 Å². The minimum absolute atomic E-state index is 0.149. The second kappa shape index (κ2) is 13.6. The van der Waals surface area contributed by atoms with Crippen LogP contribution in [0.5, 0.6) is 0 Å². The maximum atomic E-state index is 16.7. The largest absolute Gasteiger partial charge is 0.455 e. The molecule has 5 nitrogen and oxygen atoms in total. The fourth-order valence-corrected chi connectivity index (χ4v) is 9.35. The van der Waals surface area contributed by atoms with E-state index in [1.165, 1.54) is 6.07 Å². The summed E-state index contributed by atoms with van der Waals surface area (Å²) in [5.41, 5.74) is 11.9. The summed E-state index contributed by atoms with van der Waals surface area (Å²) >= 11 is 3.51. The molecule has 2 aliphatic rings. The van der Waals surface area contributed by atoms with Gasteiger partial charge in [-0.3, -0.25) is 9.59 Å². The van der Waals surface area contributed by atoms with E-state index < -0.39 is 11.2 Å². The van der Waals surface area contributed by atoms with Crippen LogP contribution >= 0.6 is 15.9 Å². The molecule has 0 spiro atoms. The second-order valence-corrected chi connectivity index (χ2v) is 16.5. The number of nitrogens with two attached hydrogens (primary N) is 1. The number of halogens is 2. The van der Waals surface area contributed by atoms with Gasteiger partial charge in [0.1, 0.15) is 28.5 Å². The molecule has 2 aliphatic carbocycles. The molecular weight excluding hydrogens is 777 g/mol. The molecule has 6 aromatic carbocycles. The summed E-state index contributed by atoms with van der Waals surface area (Å²) in [5.74, 6) is 0.463. The summed E-state index contributed by atoms with van der Waals surface area (Å²) in [4.78, 5) is 29.4. The van der Waals surface area contributed by atoms with Gasteiger partial charge in [0, 0.05) is 32.1 Å². The molecule has 0 saturated heterocycles. The summed E-state index contributed by atoms with van der Waals surface area (Å²) in [7, 11) is 0. The van der Waals surface area contributed by atoms with Gasteiger partial charge >= 0.3 is 0 Å². The van der Waals surface area contributed by atoms with Gasteiger partial charge < -0.3 is 14.6 Å². The Morgan fingerprint density at radius 3 is 1.63 bits per heavy atom. The molecule has 0 atom stereocenters. The van der Waals surface area contributed by atoms with E-state index in [0.717, 1.165) is 52.4 Å². The monoisotopic (exact) mass is 813 g/mol. The number of benzene rings is 6. The lowest BCUT2D eigenvalue weighted by molar-refractivity contribution is 0.253. The smallest absolute Gasteiger partial charge is 0.201 e. The fraction of sp³-hybridized carbons (Fsp3) is 0.160. The molecule has 2 saturated carbocycles. The molecule has 57 heavy (non-hydrogen) atoms. The first kappa shape index (κ1) is 35.5. The first-order chi connectivity index (χ1) is 27.7. The highest BCUT2D eigenvalue weighted by molar-refractivity contribution is 9.10. The molecule has 2 aromatic heterocycles. The molecule has 10 rings (SSSR count). The number of hydrogen-bond acceptors (Lipinski definition) is 5. The zero-order valence-electron chi connectivity index (χ0n) is 31.0. The average Bonchev–Trinajstić information content (AvgIpc) is 3.21. The molecule has 0 bridgehead atoms. The van der Waals surface area contributed by atoms with Gasteiger partial charge in [0.15, 0.2) is 0 Å². The summed E-state index contributed by atoms with van der Waals surface area (Å²) < 4.78 is 30.6. The number of fused-ring (bicyclic) bond motifs is 2. The minimum atomic E-state index is -0.788. The predicted molar refractivity (Wildman–Crippen MR) is 229 cm³/mol. The number of hydrogen-bond donors (Lipinski definition) is 1. The lowest BCUT2D eigenvalue weighted by atomic mass is 9.59. The molecule has 280 valence electrons. The van der Waals surface area contributed by atoms with Crippen LogP contribution in [0.3, 0.4) is 0 Å². The Balaban J connectivity index is 1.14. The molecule has 2 heterocycles. The van der Waals surface area contributed by atoms with E-state index in [2.05, 4.69) is 15.9 Å². The van der Waals surface area contributed by atoms with E-state index in [4.69, 9.17) is 14.6 Å². The SMILES string of the molecule is NC1(c2ccc(-c3c(-c4ccccc4)oc4ccc(F)c(C5(c6ccc(-c7c(-c8ccccc8)oc8ccc(Br)cc8c7=O)cc6)CCC5)c4c3=O)cc2)CCC1. The summed E-state index contributed by atoms with van der Waals surface area (Å²) in [6, 6.07) is 43.3. The molecule has 7 heteroatoms. The molecule has 2 N–H and O–H groups in total. The topological polar surface area (TPSA) is 86.4 Å². The highest BCUT2D eigenvalue weighted by atomic mass is 79.9. The normalized spacial score (nSPS) is 15.6. The van der Waals surface area contributed by atoms with Crippen LogP contribution < -0.4 is 16.6 Å². The van der Waals surface area contributed by atoms with Crippen molar-refractivity contribution in [3.8, 4) is 44.9 Å². The fourth-order valence-electron chi connectivity index (χ4n) is 8.99. The molecule has 0 amide bonds. The third kappa shape index (κ3) is 5.74.